The van der Waals surface area contributed by atoms with Crippen LogP contribution in [0.2, 0.25) is 0 Å². The number of amides is 3. The number of benzene rings is 3. The number of imide groups is 1. The topological polar surface area (TPSA) is 122 Å². The molecule has 0 radical (unpaired) electrons. The number of hydrazine groups is 1. The van der Waals surface area contributed by atoms with Gasteiger partial charge in [0, 0.05) is 11.1 Å². The van der Waals surface area contributed by atoms with Crippen molar-refractivity contribution in [1.82, 2.24) is 10.9 Å². The maximum atomic E-state index is 12.8. The highest BCUT2D eigenvalue weighted by molar-refractivity contribution is 6.22. The minimum Gasteiger partial charge on any atom is -0.454 e. The molecule has 0 bridgehead atoms. The number of carbonyl (C=O) groups is 5. The molecule has 3 aromatic rings. The van der Waals surface area contributed by atoms with E-state index in [1.54, 1.807) is 60.7 Å². The van der Waals surface area contributed by atoms with Gasteiger partial charge in [0.25, 0.3) is 11.8 Å². The van der Waals surface area contributed by atoms with E-state index in [1.165, 1.54) is 24.3 Å². The van der Waals surface area contributed by atoms with E-state index >= 15 is 0 Å². The van der Waals surface area contributed by atoms with E-state index < -0.39 is 36.3 Å². The molecule has 35 heavy (non-hydrogen) atoms. The fourth-order valence-electron chi connectivity index (χ4n) is 3.50. The third-order valence-electron chi connectivity index (χ3n) is 5.33. The van der Waals surface area contributed by atoms with Gasteiger partial charge in [0.2, 0.25) is 5.91 Å². The quantitative estimate of drug-likeness (QED) is 0.224. The molecule has 1 fully saturated rings. The van der Waals surface area contributed by atoms with E-state index in [1.807, 2.05) is 0 Å². The second-order valence-electron chi connectivity index (χ2n) is 7.70. The molecular weight excluding hydrogens is 450 g/mol. The number of nitrogens with zero attached hydrogens (tertiary/aromatic N) is 1. The monoisotopic (exact) mass is 471 g/mol. The van der Waals surface area contributed by atoms with Crippen LogP contribution in [0.3, 0.4) is 0 Å². The molecule has 0 aliphatic carbocycles. The maximum absolute atomic E-state index is 12.8. The molecule has 9 nitrogen and oxygen atoms in total. The van der Waals surface area contributed by atoms with Gasteiger partial charge >= 0.3 is 5.97 Å². The van der Waals surface area contributed by atoms with Crippen LogP contribution in [0.15, 0.2) is 84.9 Å². The third kappa shape index (κ3) is 5.48. The number of esters is 1. The van der Waals surface area contributed by atoms with Gasteiger partial charge in [-0.15, -0.1) is 0 Å². The van der Waals surface area contributed by atoms with Crippen LogP contribution >= 0.6 is 0 Å². The van der Waals surface area contributed by atoms with E-state index in [0.717, 1.165) is 4.90 Å². The minimum atomic E-state index is -0.927. The number of ketones is 1. The molecule has 176 valence electrons. The molecule has 3 amide bonds. The van der Waals surface area contributed by atoms with Crippen molar-refractivity contribution in [3.8, 4) is 0 Å². The van der Waals surface area contributed by atoms with Crippen LogP contribution in [-0.4, -0.2) is 42.1 Å². The first-order valence-corrected chi connectivity index (χ1v) is 10.8. The lowest BCUT2D eigenvalue weighted by Gasteiger charge is -2.16. The highest BCUT2D eigenvalue weighted by Gasteiger charge is 2.39. The molecule has 1 atom stereocenters. The Morgan fingerprint density at radius 1 is 0.800 bits per heavy atom. The first-order chi connectivity index (χ1) is 16.9. The Morgan fingerprint density at radius 3 is 2.03 bits per heavy atom. The van der Waals surface area contributed by atoms with Gasteiger partial charge in [0.05, 0.1) is 17.7 Å². The summed E-state index contributed by atoms with van der Waals surface area (Å²) < 4.78 is 5.07. The van der Waals surface area contributed by atoms with Crippen LogP contribution in [0, 0.1) is 0 Å². The molecule has 0 saturated carbocycles. The molecule has 1 heterocycles. The van der Waals surface area contributed by atoms with E-state index in [2.05, 4.69) is 10.9 Å². The van der Waals surface area contributed by atoms with Gasteiger partial charge in [0.15, 0.2) is 12.4 Å². The molecule has 1 unspecified atom stereocenters. The summed E-state index contributed by atoms with van der Waals surface area (Å²) >= 11 is 0. The summed E-state index contributed by atoms with van der Waals surface area (Å²) in [7, 11) is 0. The maximum Gasteiger partial charge on any atom is 0.338 e. The minimum absolute atomic E-state index is 0.140. The van der Waals surface area contributed by atoms with Gasteiger partial charge in [-0.05, 0) is 36.4 Å². The lowest BCUT2D eigenvalue weighted by atomic mass is 10.1. The molecule has 3 aromatic carbocycles. The largest absolute Gasteiger partial charge is 0.454 e. The second kappa shape index (κ2) is 10.5. The van der Waals surface area contributed by atoms with Crippen molar-refractivity contribution >= 4 is 35.2 Å². The van der Waals surface area contributed by atoms with E-state index in [9.17, 15) is 24.0 Å². The molecule has 1 saturated heterocycles. The van der Waals surface area contributed by atoms with E-state index in [0.29, 0.717) is 11.1 Å². The van der Waals surface area contributed by atoms with Crippen LogP contribution in [0.1, 0.15) is 37.5 Å². The summed E-state index contributed by atoms with van der Waals surface area (Å²) in [6, 6.07) is 21.7. The zero-order chi connectivity index (χ0) is 24.8. The van der Waals surface area contributed by atoms with E-state index in [4.69, 9.17) is 4.74 Å². The van der Waals surface area contributed by atoms with Crippen molar-refractivity contribution in [3.05, 3.63) is 102 Å². The summed E-state index contributed by atoms with van der Waals surface area (Å²) in [5.41, 5.74) is 6.34. The number of nitrogens with one attached hydrogen (secondary N) is 2. The van der Waals surface area contributed by atoms with Gasteiger partial charge < -0.3 is 4.74 Å². The Bertz CT molecular complexity index is 1260. The molecule has 9 heteroatoms. The summed E-state index contributed by atoms with van der Waals surface area (Å²) in [5.74, 6) is -2.46. The summed E-state index contributed by atoms with van der Waals surface area (Å²) in [6.45, 7) is -0.407. The van der Waals surface area contributed by atoms with Crippen molar-refractivity contribution in [2.75, 3.05) is 11.5 Å². The predicted molar refractivity (Wildman–Crippen MR) is 125 cm³/mol. The zero-order valence-corrected chi connectivity index (χ0v) is 18.5. The number of anilines is 1. The van der Waals surface area contributed by atoms with Gasteiger partial charge in [-0.2, -0.15) is 0 Å². The molecule has 1 aliphatic heterocycles. The van der Waals surface area contributed by atoms with Crippen molar-refractivity contribution in [2.45, 2.75) is 12.5 Å². The lowest BCUT2D eigenvalue weighted by molar-refractivity contribution is -0.121. The van der Waals surface area contributed by atoms with E-state index in [-0.39, 0.29) is 23.5 Å². The molecule has 0 spiro atoms. The Hall–Kier alpha value is -4.63. The van der Waals surface area contributed by atoms with Gasteiger partial charge in [0.1, 0.15) is 6.04 Å². The smallest absolute Gasteiger partial charge is 0.338 e. The van der Waals surface area contributed by atoms with Crippen LogP contribution in [0.4, 0.5) is 5.69 Å². The van der Waals surface area contributed by atoms with Crippen LogP contribution < -0.4 is 15.8 Å². The second-order valence-corrected chi connectivity index (χ2v) is 7.70. The Morgan fingerprint density at radius 2 is 1.40 bits per heavy atom. The lowest BCUT2D eigenvalue weighted by Crippen LogP contribution is -2.48. The van der Waals surface area contributed by atoms with Gasteiger partial charge in [-0.3, -0.25) is 24.6 Å². The molecule has 2 N–H and O–H groups in total. The number of hydrogen-bond acceptors (Lipinski definition) is 7. The summed E-state index contributed by atoms with van der Waals surface area (Å²) in [4.78, 5) is 62.8. The number of hydrogen-bond donors (Lipinski definition) is 2. The van der Waals surface area contributed by atoms with Gasteiger partial charge in [-0.1, -0.05) is 48.5 Å². The average molecular weight is 471 g/mol. The molecule has 1 aliphatic rings. The molecule has 4 rings (SSSR count). The van der Waals surface area contributed by atoms with Crippen LogP contribution in [0.25, 0.3) is 0 Å². The number of carbonyl (C=O) groups excluding carboxylic acids is 5. The first-order valence-electron chi connectivity index (χ1n) is 10.8. The van der Waals surface area contributed by atoms with Crippen molar-refractivity contribution in [2.24, 2.45) is 0 Å². The molecular formula is C26H21N3O6. The average Bonchev–Trinajstić information content (AvgIpc) is 3.19. The zero-order valence-electron chi connectivity index (χ0n) is 18.5. The van der Waals surface area contributed by atoms with Gasteiger partial charge in [-0.25, -0.2) is 15.1 Å². The fraction of sp³-hybridized carbons (Fsp3) is 0.115. The van der Waals surface area contributed by atoms with Crippen LogP contribution in [0.5, 0.6) is 0 Å². The Kier molecular flexibility index (Phi) is 7.08. The third-order valence-corrected chi connectivity index (χ3v) is 5.33. The highest BCUT2D eigenvalue weighted by atomic mass is 16.5. The van der Waals surface area contributed by atoms with Crippen molar-refractivity contribution in [1.29, 1.82) is 0 Å². The predicted octanol–water partition coefficient (Wildman–Crippen LogP) is 2.29. The molecule has 0 aromatic heterocycles. The van der Waals surface area contributed by atoms with Crippen molar-refractivity contribution < 1.29 is 28.7 Å². The number of Topliss-reactive ketones (excluding diaryl/α,β-unsaturated/α-hetero) is 1. The summed E-state index contributed by atoms with van der Waals surface area (Å²) in [6.07, 6.45) is -0.140. The first kappa shape index (κ1) is 23.5. The Labute approximate surface area is 200 Å². The number of ether oxygens (including phenoxy) is 1. The highest BCUT2D eigenvalue weighted by Crippen LogP contribution is 2.23. The Balaban J connectivity index is 1.33. The van der Waals surface area contributed by atoms with Crippen molar-refractivity contribution in [3.63, 3.8) is 0 Å². The SMILES string of the molecule is O=C(COC(=O)c1ccc(N2C(=O)CC(NNC(=O)c3ccccc3)C2=O)cc1)c1ccccc1. The fourth-order valence-corrected chi connectivity index (χ4v) is 3.50. The standard InChI is InChI=1S/C26H21N3O6/c30-22(17-7-3-1-4-8-17)16-35-26(34)19-11-13-20(14-12-19)29-23(31)15-21(25(29)33)27-28-24(32)18-9-5-2-6-10-18/h1-14,21,27H,15-16H2,(H,28,32). The number of rotatable bonds is 8. The van der Waals surface area contributed by atoms with Crippen LogP contribution in [-0.2, 0) is 14.3 Å². The summed E-state index contributed by atoms with van der Waals surface area (Å²) in [5, 5.41) is 0. The normalized spacial score (nSPS) is 15.1.